The number of halogens is 2. The van der Waals surface area contributed by atoms with Gasteiger partial charge in [0.05, 0.1) is 26.8 Å². The average Bonchev–Trinajstić information content (AvgIpc) is 3.21. The van der Waals surface area contributed by atoms with Crippen LogP contribution in [0.3, 0.4) is 0 Å². The van der Waals surface area contributed by atoms with Crippen LogP contribution < -0.4 is 5.32 Å². The van der Waals surface area contributed by atoms with Crippen molar-refractivity contribution in [2.75, 3.05) is 5.32 Å². The van der Waals surface area contributed by atoms with E-state index in [0.717, 1.165) is 31.2 Å². The molecule has 7 nitrogen and oxygen atoms in total. The number of fused-ring (bicyclic) bond motifs is 1. The number of carbonyl (C=O) groups excluding carboxylic acids is 2. The van der Waals surface area contributed by atoms with Gasteiger partial charge in [0, 0.05) is 30.5 Å². The zero-order valence-corrected chi connectivity index (χ0v) is 20.2. The number of hydrogen-bond donors (Lipinski definition) is 3. The first-order chi connectivity index (χ1) is 16.8. The Kier molecular flexibility index (Phi) is 7.58. The number of carbonyl (C=O) groups is 2. The van der Waals surface area contributed by atoms with Crippen LogP contribution in [0.4, 0.5) is 5.69 Å². The number of benzene rings is 2. The largest absolute Gasteiger partial charge is 0.508 e. The number of Topliss-reactive ketones (excluding diaryl/α,β-unsaturated/α-hetero) is 1. The van der Waals surface area contributed by atoms with E-state index in [2.05, 4.69) is 10.3 Å². The van der Waals surface area contributed by atoms with Crippen molar-refractivity contribution in [2.24, 2.45) is 0 Å². The molecule has 0 unspecified atom stereocenters. The predicted octanol–water partition coefficient (Wildman–Crippen LogP) is 5.99. The minimum Gasteiger partial charge on any atom is -0.508 e. The zero-order valence-electron chi connectivity index (χ0n) is 18.7. The van der Waals surface area contributed by atoms with E-state index in [1.54, 1.807) is 41.1 Å². The van der Waals surface area contributed by atoms with Gasteiger partial charge in [-0.05, 0) is 43.0 Å². The minimum absolute atomic E-state index is 0.0336. The maximum Gasteiger partial charge on any atom is 0.296 e. The number of aromatic nitrogens is 2. The van der Waals surface area contributed by atoms with Crippen LogP contribution in [0, 0.1) is 0 Å². The quantitative estimate of drug-likeness (QED) is 0.145. The Balaban J connectivity index is 1.47. The standard InChI is InChI=1S/C26H23Cl2N3O4/c27-20-13-29-14-21(28)23(20)30-26(35)25(34)19-15-31(24-18(19)6-4-7-22(24)33)12-3-1-2-5-16-8-10-17(32)11-9-16/h4,6-11,13-15,32-33H,1-3,5,12H2,(H,29,30,35). The molecule has 9 heteroatoms. The maximum atomic E-state index is 13.0. The number of anilines is 1. The first-order valence-corrected chi connectivity index (χ1v) is 11.8. The summed E-state index contributed by atoms with van der Waals surface area (Å²) in [5, 5.41) is 23.0. The lowest BCUT2D eigenvalue weighted by Crippen LogP contribution is -2.23. The number of phenols is 2. The second kappa shape index (κ2) is 10.8. The molecule has 0 spiro atoms. The molecule has 0 fully saturated rings. The van der Waals surface area contributed by atoms with Gasteiger partial charge in [-0.25, -0.2) is 0 Å². The summed E-state index contributed by atoms with van der Waals surface area (Å²) >= 11 is 12.1. The number of rotatable bonds is 9. The van der Waals surface area contributed by atoms with Gasteiger partial charge in [-0.2, -0.15) is 0 Å². The van der Waals surface area contributed by atoms with E-state index in [4.69, 9.17) is 23.2 Å². The average molecular weight is 512 g/mol. The lowest BCUT2D eigenvalue weighted by Gasteiger charge is -2.07. The fourth-order valence-corrected chi connectivity index (χ4v) is 4.43. The third-order valence-electron chi connectivity index (χ3n) is 5.72. The molecular weight excluding hydrogens is 489 g/mol. The predicted molar refractivity (Wildman–Crippen MR) is 136 cm³/mol. The summed E-state index contributed by atoms with van der Waals surface area (Å²) in [5.74, 6) is -1.38. The van der Waals surface area contributed by atoms with Gasteiger partial charge in [0.15, 0.2) is 0 Å². The van der Waals surface area contributed by atoms with Crippen molar-refractivity contribution in [3.8, 4) is 11.5 Å². The van der Waals surface area contributed by atoms with Crippen LogP contribution in [0.15, 0.2) is 61.1 Å². The number of aryl methyl sites for hydroxylation is 2. The van der Waals surface area contributed by atoms with Crippen molar-refractivity contribution in [1.29, 1.82) is 0 Å². The van der Waals surface area contributed by atoms with Crippen molar-refractivity contribution < 1.29 is 19.8 Å². The van der Waals surface area contributed by atoms with E-state index in [1.165, 1.54) is 12.4 Å². The van der Waals surface area contributed by atoms with Crippen LogP contribution in [0.5, 0.6) is 11.5 Å². The Hall–Kier alpha value is -3.55. The minimum atomic E-state index is -0.892. The molecule has 3 N–H and O–H groups in total. The van der Waals surface area contributed by atoms with Gasteiger partial charge in [-0.3, -0.25) is 14.6 Å². The Bertz CT molecular complexity index is 1360. The van der Waals surface area contributed by atoms with Crippen LogP contribution in [0.1, 0.15) is 35.2 Å². The Morgan fingerprint density at radius 2 is 1.66 bits per heavy atom. The number of pyridine rings is 1. The second-order valence-corrected chi connectivity index (χ2v) is 8.96. The van der Waals surface area contributed by atoms with E-state index < -0.39 is 11.7 Å². The third kappa shape index (κ3) is 5.58. The summed E-state index contributed by atoms with van der Waals surface area (Å²) in [7, 11) is 0. The molecule has 2 aromatic carbocycles. The number of nitrogens with one attached hydrogen (secondary N) is 1. The van der Waals surface area contributed by atoms with Crippen molar-refractivity contribution in [3.05, 3.63) is 82.2 Å². The lowest BCUT2D eigenvalue weighted by molar-refractivity contribution is -0.112. The molecule has 0 atom stereocenters. The van der Waals surface area contributed by atoms with Crippen molar-refractivity contribution >= 4 is 51.5 Å². The monoisotopic (exact) mass is 511 g/mol. The molecule has 2 heterocycles. The van der Waals surface area contributed by atoms with Gasteiger partial charge in [-0.1, -0.05) is 53.9 Å². The molecule has 4 aromatic rings. The summed E-state index contributed by atoms with van der Waals surface area (Å²) in [6.45, 7) is 0.570. The fraction of sp³-hybridized carbons (Fsp3) is 0.192. The van der Waals surface area contributed by atoms with Gasteiger partial charge in [0.25, 0.3) is 11.7 Å². The molecule has 1 amide bonds. The molecule has 0 bridgehead atoms. The molecule has 35 heavy (non-hydrogen) atoms. The number of nitrogens with zero attached hydrogens (tertiary/aromatic N) is 2. The van der Waals surface area contributed by atoms with Crippen molar-refractivity contribution in [2.45, 2.75) is 32.2 Å². The summed E-state index contributed by atoms with van der Waals surface area (Å²) in [6.07, 6.45) is 7.83. The van der Waals surface area contributed by atoms with Gasteiger partial charge >= 0.3 is 0 Å². The van der Waals surface area contributed by atoms with Gasteiger partial charge < -0.3 is 20.1 Å². The molecule has 0 saturated carbocycles. The van der Waals surface area contributed by atoms with Gasteiger partial charge in [-0.15, -0.1) is 0 Å². The summed E-state index contributed by atoms with van der Waals surface area (Å²) < 4.78 is 1.80. The molecule has 0 aliphatic heterocycles. The SMILES string of the molecule is O=C(Nc1c(Cl)cncc1Cl)C(=O)c1cn(CCCCCc2ccc(O)cc2)c2c(O)cccc12. The zero-order chi connectivity index (χ0) is 24.9. The lowest BCUT2D eigenvalue weighted by atomic mass is 10.1. The molecule has 0 saturated heterocycles. The number of hydrogen-bond acceptors (Lipinski definition) is 5. The van der Waals surface area contributed by atoms with E-state index in [1.807, 2.05) is 12.1 Å². The van der Waals surface area contributed by atoms with Crippen molar-refractivity contribution in [1.82, 2.24) is 9.55 Å². The fourth-order valence-electron chi connectivity index (χ4n) is 3.97. The van der Waals surface area contributed by atoms with Crippen LogP contribution in [-0.2, 0) is 17.8 Å². The first kappa shape index (κ1) is 24.6. The Labute approximate surface area is 211 Å². The molecule has 2 aromatic heterocycles. The molecule has 0 aliphatic carbocycles. The molecule has 180 valence electrons. The highest BCUT2D eigenvalue weighted by molar-refractivity contribution is 6.50. The number of ketones is 1. The highest BCUT2D eigenvalue weighted by atomic mass is 35.5. The molecule has 0 radical (unpaired) electrons. The van der Waals surface area contributed by atoms with E-state index in [9.17, 15) is 19.8 Å². The maximum absolute atomic E-state index is 13.0. The number of para-hydroxylation sites is 1. The summed E-state index contributed by atoms with van der Waals surface area (Å²) in [5.41, 5.74) is 1.95. The van der Waals surface area contributed by atoms with E-state index in [-0.39, 0.29) is 32.8 Å². The highest BCUT2D eigenvalue weighted by Crippen LogP contribution is 2.32. The topological polar surface area (TPSA) is 104 Å². The van der Waals surface area contributed by atoms with Gasteiger partial charge in [0.2, 0.25) is 0 Å². The number of amides is 1. The smallest absolute Gasteiger partial charge is 0.296 e. The molecule has 4 rings (SSSR count). The summed E-state index contributed by atoms with van der Waals surface area (Å²) in [4.78, 5) is 29.6. The van der Waals surface area contributed by atoms with E-state index >= 15 is 0 Å². The van der Waals surface area contributed by atoms with Crippen LogP contribution in [-0.4, -0.2) is 31.5 Å². The Morgan fingerprint density at radius 3 is 2.37 bits per heavy atom. The van der Waals surface area contributed by atoms with Crippen LogP contribution in [0.2, 0.25) is 10.0 Å². The number of aromatic hydroxyl groups is 2. The third-order valence-corrected chi connectivity index (χ3v) is 6.29. The Morgan fingerprint density at radius 1 is 0.943 bits per heavy atom. The second-order valence-electron chi connectivity index (χ2n) is 8.15. The molecular formula is C26H23Cl2N3O4. The first-order valence-electron chi connectivity index (χ1n) is 11.1. The van der Waals surface area contributed by atoms with E-state index in [0.29, 0.717) is 17.4 Å². The van der Waals surface area contributed by atoms with Crippen molar-refractivity contribution in [3.63, 3.8) is 0 Å². The van der Waals surface area contributed by atoms with Crippen LogP contribution in [0.25, 0.3) is 10.9 Å². The van der Waals surface area contributed by atoms with Crippen LogP contribution >= 0.6 is 23.2 Å². The summed E-state index contributed by atoms with van der Waals surface area (Å²) in [6, 6.07) is 12.0. The number of phenolic OH excluding ortho intramolecular Hbond substituents is 2. The molecule has 0 aliphatic rings. The number of unbranched alkanes of at least 4 members (excludes halogenated alkanes) is 2. The van der Waals surface area contributed by atoms with Gasteiger partial charge in [0.1, 0.15) is 11.5 Å². The normalized spacial score (nSPS) is 11.0. The highest BCUT2D eigenvalue weighted by Gasteiger charge is 2.24.